The molecule has 1 aromatic heterocycles. The Labute approximate surface area is 145 Å². The van der Waals surface area contributed by atoms with Crippen LogP contribution in [0.1, 0.15) is 30.0 Å². The Morgan fingerprint density at radius 3 is 2.88 bits per heavy atom. The minimum absolute atomic E-state index is 0.0761. The van der Waals surface area contributed by atoms with Crippen molar-refractivity contribution in [1.29, 1.82) is 0 Å². The lowest BCUT2D eigenvalue weighted by Crippen LogP contribution is -2.30. The van der Waals surface area contributed by atoms with E-state index in [9.17, 15) is 9.59 Å². The molecular weight excluding hydrogens is 326 g/mol. The summed E-state index contributed by atoms with van der Waals surface area (Å²) in [6.07, 6.45) is 6.88. The summed E-state index contributed by atoms with van der Waals surface area (Å²) in [5.41, 5.74) is 1.58. The van der Waals surface area contributed by atoms with Crippen LogP contribution in [-0.2, 0) is 11.3 Å². The summed E-state index contributed by atoms with van der Waals surface area (Å²) in [7, 11) is 0. The van der Waals surface area contributed by atoms with Gasteiger partial charge in [0.15, 0.2) is 0 Å². The highest BCUT2D eigenvalue weighted by Crippen LogP contribution is 2.38. The van der Waals surface area contributed by atoms with Crippen molar-refractivity contribution in [3.05, 3.63) is 69.4 Å². The summed E-state index contributed by atoms with van der Waals surface area (Å²) in [6, 6.07) is 8.88. The van der Waals surface area contributed by atoms with E-state index in [4.69, 9.17) is 11.6 Å². The van der Waals surface area contributed by atoms with Gasteiger partial charge in [-0.2, -0.15) is 0 Å². The van der Waals surface area contributed by atoms with Gasteiger partial charge < -0.3 is 5.32 Å². The quantitative estimate of drug-likeness (QED) is 0.820. The minimum atomic E-state index is -0.231. The van der Waals surface area contributed by atoms with Gasteiger partial charge in [0.05, 0.1) is 12.0 Å². The first-order valence-electron chi connectivity index (χ1n) is 7.90. The standard InChI is InChI=1S/C18H18ClN3O2/c19-15-4-2-1-3-13(15)7-8-17(23)20-9-10-22-12-21-16(11-18(22)24)14-5-6-14/h1-4,7-8,11-12,14H,5-6,9-10H2,(H,20,23). The summed E-state index contributed by atoms with van der Waals surface area (Å²) < 4.78 is 1.50. The van der Waals surface area contributed by atoms with Crippen molar-refractivity contribution in [3.8, 4) is 0 Å². The Bertz CT molecular complexity index is 825. The molecule has 124 valence electrons. The van der Waals surface area contributed by atoms with Crippen molar-refractivity contribution in [2.24, 2.45) is 0 Å². The summed E-state index contributed by atoms with van der Waals surface area (Å²) in [6.45, 7) is 0.749. The van der Waals surface area contributed by atoms with E-state index in [-0.39, 0.29) is 11.5 Å². The third-order valence-corrected chi connectivity index (χ3v) is 4.21. The van der Waals surface area contributed by atoms with Gasteiger partial charge in [-0.05, 0) is 30.5 Å². The van der Waals surface area contributed by atoms with Crippen molar-refractivity contribution in [3.63, 3.8) is 0 Å². The molecule has 0 bridgehead atoms. The van der Waals surface area contributed by atoms with Crippen LogP contribution < -0.4 is 10.9 Å². The second-order valence-electron chi connectivity index (χ2n) is 5.77. The Morgan fingerprint density at radius 2 is 2.17 bits per heavy atom. The minimum Gasteiger partial charge on any atom is -0.351 e. The number of carbonyl (C=O) groups is 1. The molecule has 6 heteroatoms. The third kappa shape index (κ3) is 4.32. The van der Waals surface area contributed by atoms with Crippen molar-refractivity contribution >= 4 is 23.6 Å². The predicted molar refractivity (Wildman–Crippen MR) is 94.0 cm³/mol. The lowest BCUT2D eigenvalue weighted by Gasteiger charge is -2.06. The fourth-order valence-corrected chi connectivity index (χ4v) is 2.54. The molecule has 1 saturated carbocycles. The second kappa shape index (κ2) is 7.45. The molecule has 0 radical (unpaired) electrons. The molecule has 0 unspecified atom stereocenters. The number of aromatic nitrogens is 2. The number of halogens is 1. The molecule has 1 N–H and O–H groups in total. The Morgan fingerprint density at radius 1 is 1.38 bits per heavy atom. The van der Waals surface area contributed by atoms with Crippen LogP contribution in [0.15, 0.2) is 47.5 Å². The van der Waals surface area contributed by atoms with E-state index in [2.05, 4.69) is 10.3 Å². The average molecular weight is 344 g/mol. The Kier molecular flexibility index (Phi) is 5.11. The molecule has 24 heavy (non-hydrogen) atoms. The molecule has 0 aliphatic heterocycles. The maximum absolute atomic E-state index is 12.0. The van der Waals surface area contributed by atoms with Crippen LogP contribution >= 0.6 is 11.6 Å². The fourth-order valence-electron chi connectivity index (χ4n) is 2.34. The van der Waals surface area contributed by atoms with E-state index < -0.39 is 0 Å². The summed E-state index contributed by atoms with van der Waals surface area (Å²) >= 11 is 6.02. The number of nitrogens with one attached hydrogen (secondary N) is 1. The van der Waals surface area contributed by atoms with Crippen LogP contribution in [0.4, 0.5) is 0 Å². The number of carbonyl (C=O) groups excluding carboxylic acids is 1. The number of nitrogens with zero attached hydrogens (tertiary/aromatic N) is 2. The van der Waals surface area contributed by atoms with Gasteiger partial charge in [0.25, 0.3) is 5.56 Å². The smallest absolute Gasteiger partial charge is 0.253 e. The van der Waals surface area contributed by atoms with Gasteiger partial charge in [-0.15, -0.1) is 0 Å². The maximum atomic E-state index is 12.0. The van der Waals surface area contributed by atoms with Crippen LogP contribution in [0.3, 0.4) is 0 Å². The van der Waals surface area contributed by atoms with Crippen LogP contribution in [0.5, 0.6) is 0 Å². The largest absolute Gasteiger partial charge is 0.351 e. The van der Waals surface area contributed by atoms with Crippen LogP contribution in [0, 0.1) is 0 Å². The van der Waals surface area contributed by atoms with Crippen LogP contribution in [-0.4, -0.2) is 22.0 Å². The highest BCUT2D eigenvalue weighted by Gasteiger charge is 2.25. The normalized spacial score (nSPS) is 14.0. The first kappa shape index (κ1) is 16.5. The predicted octanol–water partition coefficient (Wildman–Crippen LogP) is 2.60. The fraction of sp³-hybridized carbons (Fsp3) is 0.278. The molecule has 1 aliphatic rings. The average Bonchev–Trinajstić information content (AvgIpc) is 3.40. The van der Waals surface area contributed by atoms with Gasteiger partial charge in [0.2, 0.25) is 5.91 Å². The van der Waals surface area contributed by atoms with Gasteiger partial charge in [-0.3, -0.25) is 14.2 Å². The molecular formula is C18H18ClN3O2. The third-order valence-electron chi connectivity index (χ3n) is 3.87. The highest BCUT2D eigenvalue weighted by molar-refractivity contribution is 6.32. The SMILES string of the molecule is O=C(C=Cc1ccccc1Cl)NCCn1cnc(C2CC2)cc1=O. The van der Waals surface area contributed by atoms with Crippen molar-refractivity contribution < 1.29 is 4.79 Å². The molecule has 1 aromatic carbocycles. The molecule has 1 amide bonds. The zero-order valence-electron chi connectivity index (χ0n) is 13.1. The van der Waals surface area contributed by atoms with E-state index in [0.29, 0.717) is 24.0 Å². The molecule has 3 rings (SSSR count). The van der Waals surface area contributed by atoms with E-state index in [1.165, 1.54) is 10.6 Å². The number of benzene rings is 1. The van der Waals surface area contributed by atoms with Gasteiger partial charge in [0, 0.05) is 36.2 Å². The Balaban J connectivity index is 1.50. The monoisotopic (exact) mass is 343 g/mol. The van der Waals surface area contributed by atoms with Crippen molar-refractivity contribution in [1.82, 2.24) is 14.9 Å². The molecule has 1 fully saturated rings. The summed E-state index contributed by atoms with van der Waals surface area (Å²) in [5, 5.41) is 3.33. The first-order chi connectivity index (χ1) is 11.6. The number of hydrogen-bond acceptors (Lipinski definition) is 3. The molecule has 0 spiro atoms. The topological polar surface area (TPSA) is 64.0 Å². The summed E-state index contributed by atoms with van der Waals surface area (Å²) in [5.74, 6) is 0.229. The van der Waals surface area contributed by atoms with Gasteiger partial charge in [-0.1, -0.05) is 29.8 Å². The lowest BCUT2D eigenvalue weighted by atomic mass is 10.2. The van der Waals surface area contributed by atoms with E-state index in [1.54, 1.807) is 24.5 Å². The zero-order valence-corrected chi connectivity index (χ0v) is 13.9. The van der Waals surface area contributed by atoms with Crippen molar-refractivity contribution in [2.45, 2.75) is 25.3 Å². The van der Waals surface area contributed by atoms with E-state index in [0.717, 1.165) is 24.1 Å². The molecule has 1 aliphatic carbocycles. The van der Waals surface area contributed by atoms with Crippen molar-refractivity contribution in [2.75, 3.05) is 6.54 Å². The van der Waals surface area contributed by atoms with Gasteiger partial charge in [-0.25, -0.2) is 4.98 Å². The first-order valence-corrected chi connectivity index (χ1v) is 8.28. The second-order valence-corrected chi connectivity index (χ2v) is 6.17. The lowest BCUT2D eigenvalue weighted by molar-refractivity contribution is -0.116. The van der Waals surface area contributed by atoms with E-state index in [1.807, 2.05) is 18.2 Å². The zero-order chi connectivity index (χ0) is 16.9. The van der Waals surface area contributed by atoms with Crippen LogP contribution in [0.2, 0.25) is 5.02 Å². The number of amides is 1. The summed E-state index contributed by atoms with van der Waals surface area (Å²) in [4.78, 5) is 28.1. The van der Waals surface area contributed by atoms with E-state index >= 15 is 0 Å². The molecule has 0 atom stereocenters. The number of hydrogen-bond donors (Lipinski definition) is 1. The van der Waals surface area contributed by atoms with Crippen LogP contribution in [0.25, 0.3) is 6.08 Å². The molecule has 0 saturated heterocycles. The van der Waals surface area contributed by atoms with Gasteiger partial charge >= 0.3 is 0 Å². The maximum Gasteiger partial charge on any atom is 0.253 e. The van der Waals surface area contributed by atoms with Gasteiger partial charge in [0.1, 0.15) is 0 Å². The molecule has 5 nitrogen and oxygen atoms in total. The highest BCUT2D eigenvalue weighted by atomic mass is 35.5. The molecule has 2 aromatic rings. The Hall–Kier alpha value is -2.40. The molecule has 1 heterocycles. The number of rotatable bonds is 6.